The minimum Gasteiger partial charge on any atom is -0.492 e. The van der Waals surface area contributed by atoms with Gasteiger partial charge in [0, 0.05) is 25.7 Å². The van der Waals surface area contributed by atoms with E-state index in [1.165, 1.54) is 18.5 Å². The third kappa shape index (κ3) is 3.16. The van der Waals surface area contributed by atoms with E-state index in [2.05, 4.69) is 35.3 Å². The van der Waals surface area contributed by atoms with E-state index in [0.29, 0.717) is 6.04 Å². The highest BCUT2D eigenvalue weighted by molar-refractivity contribution is 5.58. The monoisotopic (exact) mass is 248 g/mol. The van der Waals surface area contributed by atoms with E-state index in [0.717, 1.165) is 32.0 Å². The molecule has 0 aliphatic carbocycles. The van der Waals surface area contributed by atoms with E-state index < -0.39 is 0 Å². The molecule has 0 spiro atoms. The van der Waals surface area contributed by atoms with E-state index in [4.69, 9.17) is 4.74 Å². The van der Waals surface area contributed by atoms with Gasteiger partial charge in [-0.1, -0.05) is 25.5 Å². The second-order valence-corrected chi connectivity index (χ2v) is 4.79. The molecule has 0 amide bonds. The highest BCUT2D eigenvalue weighted by Crippen LogP contribution is 2.29. The number of nitrogens with one attached hydrogen (secondary N) is 1. The van der Waals surface area contributed by atoms with E-state index >= 15 is 0 Å². The Hall–Kier alpha value is -1.22. The predicted octanol–water partition coefficient (Wildman–Crippen LogP) is 2.66. The third-order valence-electron chi connectivity index (χ3n) is 3.40. The molecule has 18 heavy (non-hydrogen) atoms. The molecule has 1 saturated heterocycles. The second-order valence-electron chi connectivity index (χ2n) is 4.79. The Balaban J connectivity index is 2.10. The number of piperazine rings is 1. The maximum atomic E-state index is 5.72. The standard InChI is InChI=1S/C15H24N2O/c1-3-7-13-12-17(11-10-16-13)14-8-5-6-9-15(14)18-4-2/h5-6,8-9,13,16H,3-4,7,10-12H2,1-2H3. The highest BCUT2D eigenvalue weighted by Gasteiger charge is 2.20. The molecule has 1 aromatic carbocycles. The van der Waals surface area contributed by atoms with Crippen molar-refractivity contribution in [1.29, 1.82) is 0 Å². The maximum absolute atomic E-state index is 5.72. The zero-order chi connectivity index (χ0) is 12.8. The van der Waals surface area contributed by atoms with Crippen LogP contribution >= 0.6 is 0 Å². The van der Waals surface area contributed by atoms with Crippen molar-refractivity contribution < 1.29 is 4.74 Å². The van der Waals surface area contributed by atoms with Crippen LogP contribution in [-0.2, 0) is 0 Å². The summed E-state index contributed by atoms with van der Waals surface area (Å²) in [6.07, 6.45) is 2.48. The zero-order valence-electron chi connectivity index (χ0n) is 11.5. The van der Waals surface area contributed by atoms with Crippen LogP contribution in [0.25, 0.3) is 0 Å². The number of hydrogen-bond acceptors (Lipinski definition) is 3. The van der Waals surface area contributed by atoms with Gasteiger partial charge in [-0.15, -0.1) is 0 Å². The molecule has 1 heterocycles. The molecule has 1 N–H and O–H groups in total. The van der Waals surface area contributed by atoms with Gasteiger partial charge in [-0.25, -0.2) is 0 Å². The van der Waals surface area contributed by atoms with Crippen molar-refractivity contribution in [3.8, 4) is 5.75 Å². The van der Waals surface area contributed by atoms with Crippen LogP contribution in [0.15, 0.2) is 24.3 Å². The van der Waals surface area contributed by atoms with Crippen LogP contribution in [0.3, 0.4) is 0 Å². The largest absolute Gasteiger partial charge is 0.492 e. The van der Waals surface area contributed by atoms with E-state index in [9.17, 15) is 0 Å². The van der Waals surface area contributed by atoms with Crippen molar-refractivity contribution in [2.24, 2.45) is 0 Å². The van der Waals surface area contributed by atoms with E-state index in [1.807, 2.05) is 13.0 Å². The molecule has 1 atom stereocenters. The maximum Gasteiger partial charge on any atom is 0.142 e. The smallest absolute Gasteiger partial charge is 0.142 e. The molecule has 1 aliphatic heterocycles. The van der Waals surface area contributed by atoms with Gasteiger partial charge < -0.3 is 15.0 Å². The van der Waals surface area contributed by atoms with Gasteiger partial charge in [0.05, 0.1) is 12.3 Å². The third-order valence-corrected chi connectivity index (χ3v) is 3.40. The van der Waals surface area contributed by atoms with Crippen LogP contribution < -0.4 is 15.0 Å². The molecule has 1 unspecified atom stereocenters. The molecule has 0 aromatic heterocycles. The van der Waals surface area contributed by atoms with Gasteiger partial charge in [-0.05, 0) is 25.5 Å². The van der Waals surface area contributed by atoms with Gasteiger partial charge in [0.1, 0.15) is 5.75 Å². The first kappa shape index (κ1) is 13.2. The van der Waals surface area contributed by atoms with Crippen molar-refractivity contribution in [1.82, 2.24) is 5.32 Å². The molecule has 0 bridgehead atoms. The van der Waals surface area contributed by atoms with Gasteiger partial charge in [0.25, 0.3) is 0 Å². The number of benzene rings is 1. The summed E-state index contributed by atoms with van der Waals surface area (Å²) < 4.78 is 5.72. The lowest BCUT2D eigenvalue weighted by atomic mass is 10.1. The first-order valence-corrected chi connectivity index (χ1v) is 7.05. The number of para-hydroxylation sites is 2. The van der Waals surface area contributed by atoms with Crippen LogP contribution in [-0.4, -0.2) is 32.3 Å². The molecule has 3 heteroatoms. The normalized spacial score (nSPS) is 19.9. The molecule has 0 saturated carbocycles. The minimum atomic E-state index is 0.610. The Labute approximate surface area is 110 Å². The van der Waals surface area contributed by atoms with Crippen molar-refractivity contribution in [2.45, 2.75) is 32.7 Å². The summed E-state index contributed by atoms with van der Waals surface area (Å²) in [5.74, 6) is 1.01. The van der Waals surface area contributed by atoms with Crippen molar-refractivity contribution in [3.05, 3.63) is 24.3 Å². The molecule has 3 nitrogen and oxygen atoms in total. The molecule has 1 fully saturated rings. The Bertz CT molecular complexity index is 365. The lowest BCUT2D eigenvalue weighted by Crippen LogP contribution is -2.50. The molecular formula is C15H24N2O. The number of ether oxygens (including phenoxy) is 1. The van der Waals surface area contributed by atoms with Crippen LogP contribution in [0.5, 0.6) is 5.75 Å². The topological polar surface area (TPSA) is 24.5 Å². The van der Waals surface area contributed by atoms with Gasteiger partial charge >= 0.3 is 0 Å². The number of nitrogens with zero attached hydrogens (tertiary/aromatic N) is 1. The average Bonchev–Trinajstić information content (AvgIpc) is 2.40. The summed E-state index contributed by atoms with van der Waals surface area (Å²) in [5.41, 5.74) is 1.24. The fraction of sp³-hybridized carbons (Fsp3) is 0.600. The van der Waals surface area contributed by atoms with E-state index in [1.54, 1.807) is 0 Å². The Morgan fingerprint density at radius 3 is 2.94 bits per heavy atom. The van der Waals surface area contributed by atoms with Crippen molar-refractivity contribution in [2.75, 3.05) is 31.1 Å². The van der Waals surface area contributed by atoms with Gasteiger partial charge in [0.15, 0.2) is 0 Å². The van der Waals surface area contributed by atoms with Gasteiger partial charge in [-0.2, -0.15) is 0 Å². The Kier molecular flexibility index (Phi) is 4.88. The summed E-state index contributed by atoms with van der Waals surface area (Å²) in [7, 11) is 0. The average molecular weight is 248 g/mol. The SMILES string of the molecule is CCCC1CN(c2ccccc2OCC)CCN1. The fourth-order valence-electron chi connectivity index (χ4n) is 2.58. The Morgan fingerprint density at radius 1 is 1.33 bits per heavy atom. The van der Waals surface area contributed by atoms with Gasteiger partial charge in [0.2, 0.25) is 0 Å². The molecule has 100 valence electrons. The van der Waals surface area contributed by atoms with Crippen molar-refractivity contribution in [3.63, 3.8) is 0 Å². The van der Waals surface area contributed by atoms with E-state index in [-0.39, 0.29) is 0 Å². The van der Waals surface area contributed by atoms with Crippen LogP contribution in [0.4, 0.5) is 5.69 Å². The first-order chi connectivity index (χ1) is 8.85. The molecule has 2 rings (SSSR count). The summed E-state index contributed by atoms with van der Waals surface area (Å²) in [5, 5.41) is 3.59. The van der Waals surface area contributed by atoms with Crippen LogP contribution in [0.1, 0.15) is 26.7 Å². The lowest BCUT2D eigenvalue weighted by Gasteiger charge is -2.36. The first-order valence-electron chi connectivity index (χ1n) is 7.05. The predicted molar refractivity (Wildman–Crippen MR) is 76.5 cm³/mol. The quantitative estimate of drug-likeness (QED) is 0.867. The molecule has 1 aromatic rings. The molecule has 0 radical (unpaired) electrons. The lowest BCUT2D eigenvalue weighted by molar-refractivity contribution is 0.338. The van der Waals surface area contributed by atoms with Crippen LogP contribution in [0, 0.1) is 0 Å². The van der Waals surface area contributed by atoms with Crippen LogP contribution in [0.2, 0.25) is 0 Å². The Morgan fingerprint density at radius 2 is 2.17 bits per heavy atom. The summed E-state index contributed by atoms with van der Waals surface area (Å²) in [4.78, 5) is 2.45. The number of hydrogen-bond donors (Lipinski definition) is 1. The highest BCUT2D eigenvalue weighted by atomic mass is 16.5. The molecular weight excluding hydrogens is 224 g/mol. The number of rotatable bonds is 5. The molecule has 1 aliphatic rings. The van der Waals surface area contributed by atoms with Gasteiger partial charge in [-0.3, -0.25) is 0 Å². The summed E-state index contributed by atoms with van der Waals surface area (Å²) in [6, 6.07) is 8.97. The zero-order valence-corrected chi connectivity index (χ0v) is 11.5. The summed E-state index contributed by atoms with van der Waals surface area (Å²) in [6.45, 7) is 8.21. The fourth-order valence-corrected chi connectivity index (χ4v) is 2.58. The summed E-state index contributed by atoms with van der Waals surface area (Å²) >= 11 is 0. The number of anilines is 1. The minimum absolute atomic E-state index is 0.610. The van der Waals surface area contributed by atoms with Crippen molar-refractivity contribution >= 4 is 5.69 Å². The second kappa shape index (κ2) is 6.64.